The fraction of sp³-hybridized carbons (Fsp3) is 0.0455. The molecule has 1 heterocycles. The number of hydrogen-bond acceptors (Lipinski definition) is 3. The molecule has 2 N–H and O–H groups in total. The molecule has 3 heteroatoms. The number of nitrogens with two attached hydrogens (primary N) is 1. The minimum atomic E-state index is 0.549. The van der Waals surface area contributed by atoms with Gasteiger partial charge >= 0.3 is 0 Å². The van der Waals surface area contributed by atoms with Crippen molar-refractivity contribution >= 4 is 11.3 Å². The summed E-state index contributed by atoms with van der Waals surface area (Å²) in [6.07, 6.45) is 0. The Hall–Kier alpha value is -2.75. The normalized spacial score (nSPS) is 10.8. The SMILES string of the molecule is NCc1cccc(-c2nc(-c3ccc(-c4ccccc4)cc3)cs2)c1. The molecule has 122 valence electrons. The number of rotatable bonds is 4. The molecular formula is C22H18N2S. The van der Waals surface area contributed by atoms with Crippen LogP contribution in [0.5, 0.6) is 0 Å². The molecule has 0 fully saturated rings. The van der Waals surface area contributed by atoms with Crippen molar-refractivity contribution in [3.8, 4) is 33.0 Å². The molecule has 3 aromatic carbocycles. The van der Waals surface area contributed by atoms with Crippen LogP contribution < -0.4 is 5.73 Å². The van der Waals surface area contributed by atoms with E-state index in [4.69, 9.17) is 10.7 Å². The Morgan fingerprint density at radius 1 is 0.720 bits per heavy atom. The average Bonchev–Trinajstić information content (AvgIpc) is 3.19. The third kappa shape index (κ3) is 3.38. The smallest absolute Gasteiger partial charge is 0.124 e. The van der Waals surface area contributed by atoms with Gasteiger partial charge < -0.3 is 5.73 Å². The van der Waals surface area contributed by atoms with Crippen molar-refractivity contribution in [3.63, 3.8) is 0 Å². The van der Waals surface area contributed by atoms with Crippen molar-refractivity contribution < 1.29 is 0 Å². The van der Waals surface area contributed by atoms with Crippen molar-refractivity contribution in [2.24, 2.45) is 5.73 Å². The van der Waals surface area contributed by atoms with Crippen LogP contribution in [0, 0.1) is 0 Å². The molecule has 25 heavy (non-hydrogen) atoms. The first-order valence-corrected chi connectivity index (χ1v) is 9.12. The van der Waals surface area contributed by atoms with Crippen molar-refractivity contribution in [2.45, 2.75) is 6.54 Å². The van der Waals surface area contributed by atoms with E-state index in [1.54, 1.807) is 11.3 Å². The second-order valence-electron chi connectivity index (χ2n) is 5.89. The van der Waals surface area contributed by atoms with Gasteiger partial charge in [0.25, 0.3) is 0 Å². The molecule has 1 aromatic heterocycles. The molecule has 0 aliphatic heterocycles. The van der Waals surface area contributed by atoms with E-state index in [1.807, 2.05) is 18.2 Å². The summed E-state index contributed by atoms with van der Waals surface area (Å²) < 4.78 is 0. The molecule has 0 radical (unpaired) electrons. The zero-order chi connectivity index (χ0) is 17.1. The predicted octanol–water partition coefficient (Wildman–Crippen LogP) is 5.60. The first kappa shape index (κ1) is 15.8. The average molecular weight is 342 g/mol. The third-order valence-electron chi connectivity index (χ3n) is 4.20. The van der Waals surface area contributed by atoms with Crippen molar-refractivity contribution in [1.29, 1.82) is 0 Å². The van der Waals surface area contributed by atoms with Gasteiger partial charge in [0.2, 0.25) is 0 Å². The van der Waals surface area contributed by atoms with Crippen molar-refractivity contribution in [3.05, 3.63) is 89.8 Å². The lowest BCUT2D eigenvalue weighted by molar-refractivity contribution is 1.07. The molecule has 4 aromatic rings. The highest BCUT2D eigenvalue weighted by Gasteiger charge is 2.07. The van der Waals surface area contributed by atoms with Crippen LogP contribution in [0.3, 0.4) is 0 Å². The van der Waals surface area contributed by atoms with E-state index in [2.05, 4.69) is 66.0 Å². The van der Waals surface area contributed by atoms with E-state index in [9.17, 15) is 0 Å². The van der Waals surface area contributed by atoms with Crippen molar-refractivity contribution in [2.75, 3.05) is 0 Å². The zero-order valence-corrected chi connectivity index (χ0v) is 14.5. The molecule has 0 bridgehead atoms. The van der Waals surface area contributed by atoms with Gasteiger partial charge in [0, 0.05) is 23.1 Å². The molecule has 0 aliphatic carbocycles. The van der Waals surface area contributed by atoms with E-state index in [0.29, 0.717) is 6.54 Å². The largest absolute Gasteiger partial charge is 0.326 e. The molecule has 0 aliphatic rings. The van der Waals surface area contributed by atoms with Crippen LogP contribution in [0.15, 0.2) is 84.2 Å². The molecule has 0 spiro atoms. The lowest BCUT2D eigenvalue weighted by Gasteiger charge is -2.03. The molecule has 0 saturated carbocycles. The Bertz CT molecular complexity index is 972. The maximum atomic E-state index is 5.74. The molecule has 0 atom stereocenters. The van der Waals surface area contributed by atoms with Gasteiger partial charge in [0.05, 0.1) is 5.69 Å². The number of aromatic nitrogens is 1. The summed E-state index contributed by atoms with van der Waals surface area (Å²) in [5.74, 6) is 0. The van der Waals surface area contributed by atoms with Crippen LogP contribution in [-0.4, -0.2) is 4.98 Å². The molecule has 2 nitrogen and oxygen atoms in total. The van der Waals surface area contributed by atoms with Gasteiger partial charge in [0.1, 0.15) is 5.01 Å². The summed E-state index contributed by atoms with van der Waals surface area (Å²) in [7, 11) is 0. The molecule has 0 amide bonds. The maximum Gasteiger partial charge on any atom is 0.124 e. The van der Waals surface area contributed by atoms with Crippen LogP contribution in [0.4, 0.5) is 0 Å². The Balaban J connectivity index is 1.62. The Morgan fingerprint density at radius 3 is 2.16 bits per heavy atom. The van der Waals surface area contributed by atoms with E-state index >= 15 is 0 Å². The number of hydrogen-bond donors (Lipinski definition) is 1. The lowest BCUT2D eigenvalue weighted by atomic mass is 10.0. The first-order valence-electron chi connectivity index (χ1n) is 8.24. The Morgan fingerprint density at radius 2 is 1.40 bits per heavy atom. The summed E-state index contributed by atoms with van der Waals surface area (Å²) in [6, 6.07) is 27.3. The van der Waals surface area contributed by atoms with Crippen molar-refractivity contribution in [1.82, 2.24) is 4.98 Å². The molecule has 0 saturated heterocycles. The quantitative estimate of drug-likeness (QED) is 0.524. The maximum absolute atomic E-state index is 5.74. The fourth-order valence-electron chi connectivity index (χ4n) is 2.83. The fourth-order valence-corrected chi connectivity index (χ4v) is 3.66. The van der Waals surface area contributed by atoms with Gasteiger partial charge in [0.15, 0.2) is 0 Å². The minimum absolute atomic E-state index is 0.549. The van der Waals surface area contributed by atoms with Gasteiger partial charge in [-0.15, -0.1) is 11.3 Å². The Labute approximate surface area is 151 Å². The van der Waals surface area contributed by atoms with Gasteiger partial charge in [-0.2, -0.15) is 0 Å². The number of nitrogens with zero attached hydrogens (tertiary/aromatic N) is 1. The second kappa shape index (κ2) is 7.01. The Kier molecular flexibility index (Phi) is 4.42. The first-order chi connectivity index (χ1) is 12.3. The highest BCUT2D eigenvalue weighted by molar-refractivity contribution is 7.13. The predicted molar refractivity (Wildman–Crippen MR) is 106 cm³/mol. The van der Waals surface area contributed by atoms with Crippen LogP contribution >= 0.6 is 11.3 Å². The molecular weight excluding hydrogens is 324 g/mol. The summed E-state index contributed by atoms with van der Waals surface area (Å²) >= 11 is 1.67. The van der Waals surface area contributed by atoms with Crippen LogP contribution in [0.1, 0.15) is 5.56 Å². The van der Waals surface area contributed by atoms with E-state index in [-0.39, 0.29) is 0 Å². The zero-order valence-electron chi connectivity index (χ0n) is 13.7. The lowest BCUT2D eigenvalue weighted by Crippen LogP contribution is -1.95. The van der Waals surface area contributed by atoms with E-state index in [0.717, 1.165) is 27.4 Å². The van der Waals surface area contributed by atoms with Gasteiger partial charge in [-0.1, -0.05) is 72.8 Å². The molecule has 0 unspecified atom stereocenters. The standard InChI is InChI=1S/C22H18N2S/c23-14-16-5-4-8-20(13-16)22-24-21(15-25-22)19-11-9-18(10-12-19)17-6-2-1-3-7-17/h1-13,15H,14,23H2. The van der Waals surface area contributed by atoms with E-state index < -0.39 is 0 Å². The third-order valence-corrected chi connectivity index (χ3v) is 5.09. The monoisotopic (exact) mass is 342 g/mol. The van der Waals surface area contributed by atoms with Gasteiger partial charge in [-0.3, -0.25) is 0 Å². The highest BCUT2D eigenvalue weighted by atomic mass is 32.1. The van der Waals surface area contributed by atoms with Gasteiger partial charge in [-0.25, -0.2) is 4.98 Å². The summed E-state index contributed by atoms with van der Waals surface area (Å²) in [4.78, 5) is 4.81. The number of benzene rings is 3. The minimum Gasteiger partial charge on any atom is -0.326 e. The molecule has 4 rings (SSSR count). The number of thiazole rings is 1. The van der Waals surface area contributed by atoms with Gasteiger partial charge in [-0.05, 0) is 22.8 Å². The van der Waals surface area contributed by atoms with E-state index in [1.165, 1.54) is 11.1 Å². The van der Waals surface area contributed by atoms with Crippen LogP contribution in [0.2, 0.25) is 0 Å². The topological polar surface area (TPSA) is 38.9 Å². The summed E-state index contributed by atoms with van der Waals surface area (Å²) in [5, 5.41) is 3.14. The van der Waals surface area contributed by atoms with Crippen LogP contribution in [-0.2, 0) is 6.54 Å². The summed E-state index contributed by atoms with van der Waals surface area (Å²) in [5.41, 5.74) is 12.6. The summed E-state index contributed by atoms with van der Waals surface area (Å²) in [6.45, 7) is 0.549. The highest BCUT2D eigenvalue weighted by Crippen LogP contribution is 2.30. The van der Waals surface area contributed by atoms with Crippen LogP contribution in [0.25, 0.3) is 33.0 Å². The second-order valence-corrected chi connectivity index (χ2v) is 6.74.